The highest BCUT2D eigenvalue weighted by Crippen LogP contribution is 2.26. The summed E-state index contributed by atoms with van der Waals surface area (Å²) in [5.74, 6) is 2.06. The molecule has 1 heterocycles. The number of nitrogens with two attached hydrogens (primary N) is 1. The number of rotatable bonds is 3. The van der Waals surface area contributed by atoms with E-state index < -0.39 is 0 Å². The summed E-state index contributed by atoms with van der Waals surface area (Å²) in [5.41, 5.74) is 8.94. The highest BCUT2D eigenvalue weighted by molar-refractivity contribution is 14.1. The smallest absolute Gasteiger partial charge is 0.161 e. The third kappa shape index (κ3) is 2.80. The van der Waals surface area contributed by atoms with Crippen molar-refractivity contribution in [3.8, 4) is 17.1 Å². The monoisotopic (exact) mass is 369 g/mol. The average molecular weight is 369 g/mol. The summed E-state index contributed by atoms with van der Waals surface area (Å²) in [4.78, 5) is 8.95. The van der Waals surface area contributed by atoms with Crippen molar-refractivity contribution < 1.29 is 4.74 Å². The van der Waals surface area contributed by atoms with Crippen LogP contribution in [-0.2, 0) is 6.42 Å². The van der Waals surface area contributed by atoms with Crippen LogP contribution in [0.25, 0.3) is 11.4 Å². The first kappa shape index (κ1) is 14.0. The lowest BCUT2D eigenvalue weighted by Gasteiger charge is -2.09. The van der Waals surface area contributed by atoms with Gasteiger partial charge in [0, 0.05) is 5.56 Å². The molecule has 100 valence electrons. The number of aryl methyl sites for hydroxylation is 2. The normalized spacial score (nSPS) is 10.5. The molecule has 0 saturated heterocycles. The number of nitrogens with zero attached hydrogens (tertiary/aromatic N) is 2. The SMILES string of the molecule is CCc1nc(-c2ccc(OC)c(C)c2)nc(N)c1I. The van der Waals surface area contributed by atoms with Crippen LogP contribution < -0.4 is 10.5 Å². The van der Waals surface area contributed by atoms with E-state index in [9.17, 15) is 0 Å². The Hall–Kier alpha value is -1.37. The molecule has 0 spiro atoms. The Balaban J connectivity index is 2.53. The second-order valence-electron chi connectivity index (χ2n) is 4.23. The predicted molar refractivity (Wildman–Crippen MR) is 85.3 cm³/mol. The van der Waals surface area contributed by atoms with E-state index in [0.29, 0.717) is 11.6 Å². The number of benzene rings is 1. The van der Waals surface area contributed by atoms with Gasteiger partial charge < -0.3 is 10.5 Å². The van der Waals surface area contributed by atoms with Crippen LogP contribution in [0.1, 0.15) is 18.2 Å². The van der Waals surface area contributed by atoms with E-state index >= 15 is 0 Å². The lowest BCUT2D eigenvalue weighted by molar-refractivity contribution is 0.412. The minimum Gasteiger partial charge on any atom is -0.496 e. The molecule has 4 nitrogen and oxygen atoms in total. The van der Waals surface area contributed by atoms with Crippen LogP contribution in [0.4, 0.5) is 5.82 Å². The van der Waals surface area contributed by atoms with Gasteiger partial charge in [-0.25, -0.2) is 9.97 Å². The Morgan fingerprint density at radius 3 is 2.63 bits per heavy atom. The number of hydrogen-bond donors (Lipinski definition) is 1. The number of ether oxygens (including phenoxy) is 1. The van der Waals surface area contributed by atoms with Gasteiger partial charge in [0.1, 0.15) is 11.6 Å². The van der Waals surface area contributed by atoms with Gasteiger partial charge in [0.2, 0.25) is 0 Å². The fraction of sp³-hybridized carbons (Fsp3) is 0.286. The minimum absolute atomic E-state index is 0.538. The zero-order valence-electron chi connectivity index (χ0n) is 11.2. The Bertz CT molecular complexity index is 614. The second-order valence-corrected chi connectivity index (χ2v) is 5.31. The van der Waals surface area contributed by atoms with Crippen LogP contribution in [0.15, 0.2) is 18.2 Å². The van der Waals surface area contributed by atoms with Gasteiger partial charge in [-0.15, -0.1) is 0 Å². The summed E-state index contributed by atoms with van der Waals surface area (Å²) < 4.78 is 6.20. The maximum absolute atomic E-state index is 5.95. The van der Waals surface area contributed by atoms with E-state index in [-0.39, 0.29) is 0 Å². The lowest BCUT2D eigenvalue weighted by Crippen LogP contribution is -2.04. The summed E-state index contributed by atoms with van der Waals surface area (Å²) in [6.45, 7) is 4.06. The molecule has 0 saturated carbocycles. The Kier molecular flexibility index (Phi) is 4.24. The number of methoxy groups -OCH3 is 1. The number of aromatic nitrogens is 2. The molecule has 5 heteroatoms. The molecule has 0 bridgehead atoms. The topological polar surface area (TPSA) is 61.0 Å². The van der Waals surface area contributed by atoms with Gasteiger partial charge in [-0.1, -0.05) is 6.92 Å². The zero-order valence-corrected chi connectivity index (χ0v) is 13.4. The molecular weight excluding hydrogens is 353 g/mol. The van der Waals surface area contributed by atoms with Crippen molar-refractivity contribution in [2.24, 2.45) is 0 Å². The Labute approximate surface area is 126 Å². The highest BCUT2D eigenvalue weighted by Gasteiger charge is 2.11. The third-order valence-corrected chi connectivity index (χ3v) is 4.11. The average Bonchev–Trinajstić information content (AvgIpc) is 2.41. The molecule has 0 atom stereocenters. The molecule has 0 aliphatic carbocycles. The van der Waals surface area contributed by atoms with Crippen molar-refractivity contribution in [2.75, 3.05) is 12.8 Å². The van der Waals surface area contributed by atoms with E-state index in [0.717, 1.165) is 32.6 Å². The Morgan fingerprint density at radius 1 is 1.32 bits per heavy atom. The standard InChI is InChI=1S/C14H16IN3O/c1-4-10-12(15)13(16)18-14(17-10)9-5-6-11(19-3)8(2)7-9/h5-7H,4H2,1-3H3,(H2,16,17,18). The largest absolute Gasteiger partial charge is 0.496 e. The summed E-state index contributed by atoms with van der Waals surface area (Å²) in [7, 11) is 1.66. The molecule has 0 fully saturated rings. The van der Waals surface area contributed by atoms with Crippen LogP contribution in [0, 0.1) is 10.5 Å². The Morgan fingerprint density at radius 2 is 2.05 bits per heavy atom. The fourth-order valence-corrected chi connectivity index (χ4v) is 2.52. The van der Waals surface area contributed by atoms with Gasteiger partial charge in [0.05, 0.1) is 16.4 Å². The molecular formula is C14H16IN3O. The first-order chi connectivity index (χ1) is 9.06. The summed E-state index contributed by atoms with van der Waals surface area (Å²) in [6, 6.07) is 5.89. The van der Waals surface area contributed by atoms with Crippen molar-refractivity contribution in [1.29, 1.82) is 0 Å². The lowest BCUT2D eigenvalue weighted by atomic mass is 10.1. The second kappa shape index (κ2) is 5.73. The van der Waals surface area contributed by atoms with Gasteiger partial charge in [0.15, 0.2) is 5.82 Å². The summed E-state index contributed by atoms with van der Waals surface area (Å²) >= 11 is 2.19. The molecule has 2 N–H and O–H groups in total. The highest BCUT2D eigenvalue weighted by atomic mass is 127. The van der Waals surface area contributed by atoms with Gasteiger partial charge in [-0.3, -0.25) is 0 Å². The quantitative estimate of drug-likeness (QED) is 0.845. The molecule has 19 heavy (non-hydrogen) atoms. The van der Waals surface area contributed by atoms with Crippen molar-refractivity contribution >= 4 is 28.4 Å². The van der Waals surface area contributed by atoms with E-state index in [1.807, 2.05) is 25.1 Å². The van der Waals surface area contributed by atoms with Crippen molar-refractivity contribution in [3.05, 3.63) is 33.0 Å². The van der Waals surface area contributed by atoms with Crippen LogP contribution in [0.3, 0.4) is 0 Å². The maximum atomic E-state index is 5.95. The summed E-state index contributed by atoms with van der Waals surface area (Å²) in [6.07, 6.45) is 0.840. The molecule has 0 aliphatic rings. The van der Waals surface area contributed by atoms with Crippen molar-refractivity contribution in [2.45, 2.75) is 20.3 Å². The predicted octanol–water partition coefficient (Wildman–Crippen LogP) is 3.21. The summed E-state index contributed by atoms with van der Waals surface area (Å²) in [5, 5.41) is 0. The van der Waals surface area contributed by atoms with E-state index in [2.05, 4.69) is 39.5 Å². The molecule has 2 aromatic rings. The van der Waals surface area contributed by atoms with Crippen LogP contribution in [0.2, 0.25) is 0 Å². The zero-order chi connectivity index (χ0) is 14.0. The van der Waals surface area contributed by atoms with Crippen LogP contribution >= 0.6 is 22.6 Å². The van der Waals surface area contributed by atoms with Crippen LogP contribution in [-0.4, -0.2) is 17.1 Å². The molecule has 1 aromatic carbocycles. The third-order valence-electron chi connectivity index (χ3n) is 2.93. The van der Waals surface area contributed by atoms with Gasteiger partial charge in [0.25, 0.3) is 0 Å². The van der Waals surface area contributed by atoms with Gasteiger partial charge in [-0.2, -0.15) is 0 Å². The molecule has 0 unspecified atom stereocenters. The molecule has 0 amide bonds. The van der Waals surface area contributed by atoms with E-state index in [1.54, 1.807) is 7.11 Å². The maximum Gasteiger partial charge on any atom is 0.161 e. The number of hydrogen-bond acceptors (Lipinski definition) is 4. The molecule has 0 radical (unpaired) electrons. The number of anilines is 1. The number of halogens is 1. The number of nitrogen functional groups attached to an aromatic ring is 1. The minimum atomic E-state index is 0.538. The molecule has 1 aromatic heterocycles. The van der Waals surface area contributed by atoms with Gasteiger partial charge in [-0.05, 0) is 59.7 Å². The van der Waals surface area contributed by atoms with E-state index in [1.165, 1.54) is 0 Å². The van der Waals surface area contributed by atoms with Crippen molar-refractivity contribution in [3.63, 3.8) is 0 Å². The van der Waals surface area contributed by atoms with Gasteiger partial charge >= 0.3 is 0 Å². The van der Waals surface area contributed by atoms with E-state index in [4.69, 9.17) is 10.5 Å². The van der Waals surface area contributed by atoms with Crippen LogP contribution in [0.5, 0.6) is 5.75 Å². The first-order valence-corrected chi connectivity index (χ1v) is 7.11. The fourth-order valence-electron chi connectivity index (χ4n) is 1.89. The van der Waals surface area contributed by atoms with Crippen molar-refractivity contribution in [1.82, 2.24) is 9.97 Å². The molecule has 0 aliphatic heterocycles. The first-order valence-electron chi connectivity index (χ1n) is 6.03. The molecule has 2 rings (SSSR count).